The van der Waals surface area contributed by atoms with E-state index in [0.29, 0.717) is 22.9 Å². The number of aliphatic hydroxyl groups is 2. The number of β-amino-alcohol motifs (C(OH)–C–C–N with tert-alkyl or cyclic N) is 2. The molecule has 0 spiro atoms. The van der Waals surface area contributed by atoms with Crippen molar-refractivity contribution >= 4 is 22.8 Å². The Labute approximate surface area is 216 Å². The molecule has 1 amide bonds. The number of fused-ring (bicyclic) bond motifs is 1. The standard InChI is InChI=1S/C25H22F6N4O4/c1-24(11-2-3-11,25(29,30)31)33-23(39)14-8-35(20-15(27)6-12(26)7-16(20)28)22-13(21(14)38)4-5-19(32-22)34-9-17(36)18(37)10-34/h4-8,11,17-18,36-37H,2-3,9-10H2,1H3,(H,33,39)/t17-,18-,24?/m1/s1. The lowest BCUT2D eigenvalue weighted by atomic mass is 9.94. The van der Waals surface area contributed by atoms with E-state index in [1.807, 2.05) is 5.32 Å². The monoisotopic (exact) mass is 556 g/mol. The third-order valence-electron chi connectivity index (χ3n) is 7.24. The molecule has 1 saturated carbocycles. The summed E-state index contributed by atoms with van der Waals surface area (Å²) in [5, 5.41) is 21.3. The molecule has 2 aliphatic rings. The Bertz CT molecular complexity index is 1510. The third-order valence-corrected chi connectivity index (χ3v) is 7.24. The molecule has 2 aromatic heterocycles. The number of hydrogen-bond acceptors (Lipinski definition) is 6. The van der Waals surface area contributed by atoms with E-state index in [2.05, 4.69) is 4.98 Å². The highest BCUT2D eigenvalue weighted by molar-refractivity contribution is 5.98. The maximum Gasteiger partial charge on any atom is 0.411 e. The first-order chi connectivity index (χ1) is 18.2. The van der Waals surface area contributed by atoms with Crippen LogP contribution in [0.5, 0.6) is 0 Å². The number of aromatic nitrogens is 2. The average Bonchev–Trinajstić information content (AvgIpc) is 3.64. The normalized spacial score (nSPS) is 21.3. The van der Waals surface area contributed by atoms with Gasteiger partial charge in [-0.15, -0.1) is 0 Å². The van der Waals surface area contributed by atoms with Crippen molar-refractivity contribution < 1.29 is 41.4 Å². The number of carbonyl (C=O) groups is 1. The molecule has 1 aliphatic heterocycles. The zero-order chi connectivity index (χ0) is 28.4. The molecule has 14 heteroatoms. The van der Waals surface area contributed by atoms with Crippen LogP contribution in [-0.4, -0.2) is 62.7 Å². The first-order valence-electron chi connectivity index (χ1n) is 11.9. The second-order valence-electron chi connectivity index (χ2n) is 9.97. The van der Waals surface area contributed by atoms with E-state index >= 15 is 0 Å². The molecule has 3 heterocycles. The quantitative estimate of drug-likeness (QED) is 0.418. The zero-order valence-corrected chi connectivity index (χ0v) is 20.3. The highest BCUT2D eigenvalue weighted by Crippen LogP contribution is 2.48. The van der Waals surface area contributed by atoms with Crippen LogP contribution in [0.25, 0.3) is 16.7 Å². The molecule has 0 bridgehead atoms. The summed E-state index contributed by atoms with van der Waals surface area (Å²) in [7, 11) is 0. The van der Waals surface area contributed by atoms with Crippen molar-refractivity contribution in [1.82, 2.24) is 14.9 Å². The smallest absolute Gasteiger partial charge is 0.389 e. The minimum absolute atomic E-state index is 0.0547. The number of halogens is 6. The minimum Gasteiger partial charge on any atom is -0.389 e. The third kappa shape index (κ3) is 4.61. The van der Waals surface area contributed by atoms with Crippen molar-refractivity contribution in [2.45, 2.75) is 43.7 Å². The SMILES string of the molecule is CC(NC(=O)c1cn(-c2c(F)cc(F)cc2F)c2nc(N3C[C@@H](O)[C@H](O)C3)ccc2c1=O)(C1CC1)C(F)(F)F. The van der Waals surface area contributed by atoms with E-state index in [-0.39, 0.29) is 37.1 Å². The van der Waals surface area contributed by atoms with Crippen LogP contribution in [0.15, 0.2) is 35.3 Å². The van der Waals surface area contributed by atoms with Gasteiger partial charge in [-0.25, -0.2) is 18.2 Å². The second-order valence-corrected chi connectivity index (χ2v) is 9.97. The van der Waals surface area contributed by atoms with Crippen molar-refractivity contribution in [2.75, 3.05) is 18.0 Å². The predicted molar refractivity (Wildman–Crippen MR) is 126 cm³/mol. The maximum atomic E-state index is 14.9. The fourth-order valence-electron chi connectivity index (χ4n) is 4.79. The van der Waals surface area contributed by atoms with Gasteiger partial charge in [0.25, 0.3) is 5.91 Å². The molecule has 2 fully saturated rings. The number of pyridine rings is 2. The molecule has 3 N–H and O–H groups in total. The van der Waals surface area contributed by atoms with Crippen LogP contribution in [0.1, 0.15) is 30.1 Å². The van der Waals surface area contributed by atoms with E-state index < -0.39 is 75.5 Å². The minimum atomic E-state index is -4.85. The van der Waals surface area contributed by atoms with Gasteiger partial charge in [0.15, 0.2) is 17.3 Å². The largest absolute Gasteiger partial charge is 0.411 e. The van der Waals surface area contributed by atoms with Crippen LogP contribution in [-0.2, 0) is 0 Å². The van der Waals surface area contributed by atoms with Gasteiger partial charge in [-0.05, 0) is 37.8 Å². The number of anilines is 1. The zero-order valence-electron chi connectivity index (χ0n) is 20.3. The molecule has 1 aliphatic carbocycles. The maximum absolute atomic E-state index is 14.9. The average molecular weight is 556 g/mol. The van der Waals surface area contributed by atoms with Gasteiger partial charge in [0.2, 0.25) is 5.43 Å². The highest BCUT2D eigenvalue weighted by Gasteiger charge is 2.60. The van der Waals surface area contributed by atoms with Crippen molar-refractivity contribution in [3.63, 3.8) is 0 Å². The van der Waals surface area contributed by atoms with Crippen LogP contribution < -0.4 is 15.6 Å². The molecule has 39 heavy (non-hydrogen) atoms. The molecule has 0 radical (unpaired) electrons. The molecular formula is C25H22F6N4O4. The number of aliphatic hydroxyl groups excluding tert-OH is 2. The lowest BCUT2D eigenvalue weighted by molar-refractivity contribution is -0.194. The van der Waals surface area contributed by atoms with Crippen LogP contribution in [0.4, 0.5) is 32.2 Å². The summed E-state index contributed by atoms with van der Waals surface area (Å²) in [6, 6.07) is 3.16. The molecule has 8 nitrogen and oxygen atoms in total. The molecule has 1 unspecified atom stereocenters. The lowest BCUT2D eigenvalue weighted by Crippen LogP contribution is -2.58. The summed E-state index contributed by atoms with van der Waals surface area (Å²) in [5.74, 6) is -6.35. The first kappa shape index (κ1) is 26.9. The first-order valence-corrected chi connectivity index (χ1v) is 11.9. The van der Waals surface area contributed by atoms with Crippen molar-refractivity contribution in [3.8, 4) is 5.69 Å². The number of alkyl halides is 3. The lowest BCUT2D eigenvalue weighted by Gasteiger charge is -2.33. The molecule has 1 aromatic carbocycles. The van der Waals surface area contributed by atoms with Gasteiger partial charge in [-0.1, -0.05) is 0 Å². The van der Waals surface area contributed by atoms with Gasteiger partial charge in [-0.3, -0.25) is 14.2 Å². The Morgan fingerprint density at radius 3 is 2.18 bits per heavy atom. The predicted octanol–water partition coefficient (Wildman–Crippen LogP) is 2.81. The number of benzene rings is 1. The van der Waals surface area contributed by atoms with Crippen LogP contribution in [0, 0.1) is 23.4 Å². The summed E-state index contributed by atoms with van der Waals surface area (Å²) in [6.45, 7) is 0.690. The number of nitrogens with one attached hydrogen (secondary N) is 1. The Hall–Kier alpha value is -3.65. The second kappa shape index (κ2) is 9.23. The van der Waals surface area contributed by atoms with E-state index in [4.69, 9.17) is 0 Å². The molecule has 5 rings (SSSR count). The number of rotatable bonds is 5. The fraction of sp³-hybridized carbons (Fsp3) is 0.400. The number of carbonyl (C=O) groups excluding carboxylic acids is 1. The van der Waals surface area contributed by atoms with Gasteiger partial charge in [0, 0.05) is 31.4 Å². The van der Waals surface area contributed by atoms with Crippen molar-refractivity contribution in [3.05, 3.63) is 63.7 Å². The Morgan fingerprint density at radius 1 is 1.05 bits per heavy atom. The van der Waals surface area contributed by atoms with E-state index in [1.165, 1.54) is 11.0 Å². The summed E-state index contributed by atoms with van der Waals surface area (Å²) in [6.07, 6.45) is -6.01. The number of hydrogen-bond donors (Lipinski definition) is 3. The van der Waals surface area contributed by atoms with Gasteiger partial charge >= 0.3 is 6.18 Å². The van der Waals surface area contributed by atoms with Crippen LogP contribution in [0.3, 0.4) is 0 Å². The van der Waals surface area contributed by atoms with E-state index in [1.54, 1.807) is 0 Å². The van der Waals surface area contributed by atoms with Crippen molar-refractivity contribution in [2.24, 2.45) is 5.92 Å². The van der Waals surface area contributed by atoms with Gasteiger partial charge in [0.1, 0.15) is 28.4 Å². The van der Waals surface area contributed by atoms with Gasteiger partial charge in [0.05, 0.1) is 17.6 Å². The summed E-state index contributed by atoms with van der Waals surface area (Å²) in [4.78, 5) is 32.1. The van der Waals surface area contributed by atoms with Crippen LogP contribution in [0.2, 0.25) is 0 Å². The topological polar surface area (TPSA) is 108 Å². The summed E-state index contributed by atoms with van der Waals surface area (Å²) < 4.78 is 85.7. The summed E-state index contributed by atoms with van der Waals surface area (Å²) >= 11 is 0. The Kier molecular flexibility index (Phi) is 6.37. The number of nitrogens with zero attached hydrogens (tertiary/aromatic N) is 3. The van der Waals surface area contributed by atoms with Crippen molar-refractivity contribution in [1.29, 1.82) is 0 Å². The molecule has 1 saturated heterocycles. The van der Waals surface area contributed by atoms with Gasteiger partial charge < -0.3 is 20.4 Å². The molecule has 3 aromatic rings. The fourth-order valence-corrected chi connectivity index (χ4v) is 4.79. The van der Waals surface area contributed by atoms with E-state index in [9.17, 15) is 46.1 Å². The number of amides is 1. The Morgan fingerprint density at radius 2 is 1.64 bits per heavy atom. The molecular weight excluding hydrogens is 534 g/mol. The molecule has 208 valence electrons. The molecule has 3 atom stereocenters. The highest BCUT2D eigenvalue weighted by atomic mass is 19.4. The Balaban J connectivity index is 1.70. The van der Waals surface area contributed by atoms with Crippen LogP contribution >= 0.6 is 0 Å². The van der Waals surface area contributed by atoms with Gasteiger partial charge in [-0.2, -0.15) is 13.2 Å². The summed E-state index contributed by atoms with van der Waals surface area (Å²) in [5.41, 5.74) is -5.87. The van der Waals surface area contributed by atoms with E-state index in [0.717, 1.165) is 13.0 Å².